The van der Waals surface area contributed by atoms with Crippen molar-refractivity contribution in [2.45, 2.75) is 37.1 Å². The van der Waals surface area contributed by atoms with E-state index in [-0.39, 0.29) is 11.9 Å². The predicted octanol–water partition coefficient (Wildman–Crippen LogP) is 4.45. The van der Waals surface area contributed by atoms with E-state index >= 15 is 0 Å². The second-order valence-corrected chi connectivity index (χ2v) is 7.02. The van der Waals surface area contributed by atoms with Gasteiger partial charge in [0, 0.05) is 28.1 Å². The predicted molar refractivity (Wildman–Crippen MR) is 82.1 cm³/mol. The van der Waals surface area contributed by atoms with Gasteiger partial charge in [0.1, 0.15) is 11.6 Å². The number of hydrogen-bond acceptors (Lipinski definition) is 5. The smallest absolute Gasteiger partial charge is 0.203 e. The third-order valence-corrected chi connectivity index (χ3v) is 5.05. The van der Waals surface area contributed by atoms with Crippen LogP contribution < -0.4 is 5.32 Å². The fourth-order valence-corrected chi connectivity index (χ4v) is 4.06. The largest absolute Gasteiger partial charge is 0.353 e. The minimum absolute atomic E-state index is 0.120. The number of benzene rings is 1. The first kappa shape index (κ1) is 13.8. The van der Waals surface area contributed by atoms with Gasteiger partial charge in [-0.2, -0.15) is 4.37 Å². The van der Waals surface area contributed by atoms with Crippen molar-refractivity contribution in [3.63, 3.8) is 0 Å². The van der Waals surface area contributed by atoms with Crippen LogP contribution in [0, 0.1) is 5.82 Å². The number of aromatic nitrogens is 2. The highest BCUT2D eigenvalue weighted by molar-refractivity contribution is 7.99. The number of halogens is 1. The van der Waals surface area contributed by atoms with Gasteiger partial charge in [-0.25, -0.2) is 9.37 Å². The van der Waals surface area contributed by atoms with Crippen molar-refractivity contribution >= 4 is 28.4 Å². The molecule has 0 bridgehead atoms. The van der Waals surface area contributed by atoms with E-state index in [9.17, 15) is 4.39 Å². The maximum absolute atomic E-state index is 13.5. The van der Waals surface area contributed by atoms with Gasteiger partial charge in [-0.3, -0.25) is 0 Å². The molecule has 1 unspecified atom stereocenters. The van der Waals surface area contributed by atoms with Crippen LogP contribution in [0.15, 0.2) is 23.1 Å². The molecule has 20 heavy (non-hydrogen) atoms. The monoisotopic (exact) mass is 309 g/mol. The van der Waals surface area contributed by atoms with E-state index < -0.39 is 0 Å². The molecule has 0 radical (unpaired) electrons. The Morgan fingerprint density at radius 1 is 1.40 bits per heavy atom. The van der Waals surface area contributed by atoms with Crippen LogP contribution >= 0.6 is 23.3 Å². The molecule has 2 aromatic rings. The molecule has 0 spiro atoms. The van der Waals surface area contributed by atoms with Gasteiger partial charge in [-0.1, -0.05) is 13.8 Å². The molecule has 1 aromatic carbocycles. The number of rotatable bonds is 3. The lowest BCUT2D eigenvalue weighted by atomic mass is 10.0. The lowest BCUT2D eigenvalue weighted by molar-refractivity contribution is 0.616. The highest BCUT2D eigenvalue weighted by atomic mass is 32.2. The van der Waals surface area contributed by atoms with Gasteiger partial charge in [0.25, 0.3) is 0 Å². The molecule has 2 heterocycles. The Kier molecular flexibility index (Phi) is 3.94. The fourth-order valence-electron chi connectivity index (χ4n) is 2.19. The number of anilines is 1. The maximum atomic E-state index is 13.5. The Balaban J connectivity index is 1.83. The van der Waals surface area contributed by atoms with Crippen LogP contribution in [0.5, 0.6) is 0 Å². The van der Waals surface area contributed by atoms with E-state index in [0.717, 1.165) is 33.6 Å². The third-order valence-electron chi connectivity index (χ3n) is 3.27. The number of fused-ring (bicyclic) bond motifs is 1. The molecule has 0 fully saturated rings. The SMILES string of the molecule is CC(C)c1nsc(NC2CCSc3ccc(F)cc32)n1. The van der Waals surface area contributed by atoms with Crippen molar-refractivity contribution in [3.8, 4) is 0 Å². The molecule has 0 saturated heterocycles. The summed E-state index contributed by atoms with van der Waals surface area (Å²) in [5.41, 5.74) is 1.03. The molecular formula is C14H16FN3S2. The average Bonchev–Trinajstić information content (AvgIpc) is 2.88. The van der Waals surface area contributed by atoms with E-state index in [1.165, 1.54) is 17.6 Å². The maximum Gasteiger partial charge on any atom is 0.203 e. The summed E-state index contributed by atoms with van der Waals surface area (Å²) in [6.07, 6.45) is 0.970. The molecule has 1 N–H and O–H groups in total. The number of nitrogens with one attached hydrogen (secondary N) is 1. The van der Waals surface area contributed by atoms with Gasteiger partial charge in [-0.15, -0.1) is 11.8 Å². The van der Waals surface area contributed by atoms with Gasteiger partial charge in [0.05, 0.1) is 6.04 Å². The molecule has 1 aromatic heterocycles. The minimum Gasteiger partial charge on any atom is -0.353 e. The summed E-state index contributed by atoms with van der Waals surface area (Å²) < 4.78 is 17.8. The second-order valence-electron chi connectivity index (χ2n) is 5.13. The number of thioether (sulfide) groups is 1. The van der Waals surface area contributed by atoms with E-state index in [0.29, 0.717) is 5.92 Å². The molecule has 0 saturated carbocycles. The third kappa shape index (κ3) is 2.81. The molecule has 1 aliphatic heterocycles. The van der Waals surface area contributed by atoms with Crippen molar-refractivity contribution in [2.75, 3.05) is 11.1 Å². The molecule has 1 aliphatic rings. The Morgan fingerprint density at radius 3 is 3.00 bits per heavy atom. The first-order valence-corrected chi connectivity index (χ1v) is 8.42. The summed E-state index contributed by atoms with van der Waals surface area (Å²) in [6.45, 7) is 4.15. The summed E-state index contributed by atoms with van der Waals surface area (Å²) in [5.74, 6) is 2.04. The summed E-state index contributed by atoms with van der Waals surface area (Å²) in [6, 6.07) is 5.14. The molecule has 1 atom stereocenters. The van der Waals surface area contributed by atoms with Crippen LogP contribution in [0.25, 0.3) is 0 Å². The summed E-state index contributed by atoms with van der Waals surface area (Å²) in [5, 5.41) is 4.22. The Bertz CT molecular complexity index is 612. The van der Waals surface area contributed by atoms with Crippen molar-refractivity contribution in [3.05, 3.63) is 35.4 Å². The van der Waals surface area contributed by atoms with Gasteiger partial charge in [-0.05, 0) is 30.2 Å². The zero-order valence-electron chi connectivity index (χ0n) is 11.4. The Morgan fingerprint density at radius 2 is 2.25 bits per heavy atom. The standard InChI is InChI=1S/C14H16FN3S2/c1-8(2)13-17-14(20-18-13)16-11-5-6-19-12-4-3-9(15)7-10(11)12/h3-4,7-8,11H,5-6H2,1-2H3,(H,16,17,18). The summed E-state index contributed by atoms with van der Waals surface area (Å²) in [4.78, 5) is 5.65. The lowest BCUT2D eigenvalue weighted by Crippen LogP contribution is -2.16. The van der Waals surface area contributed by atoms with Crippen molar-refractivity contribution in [1.29, 1.82) is 0 Å². The van der Waals surface area contributed by atoms with E-state index in [1.54, 1.807) is 17.8 Å². The molecule has 3 nitrogen and oxygen atoms in total. The highest BCUT2D eigenvalue weighted by Crippen LogP contribution is 2.38. The summed E-state index contributed by atoms with van der Waals surface area (Å²) >= 11 is 3.16. The average molecular weight is 309 g/mol. The van der Waals surface area contributed by atoms with Gasteiger partial charge >= 0.3 is 0 Å². The quantitative estimate of drug-likeness (QED) is 0.909. The zero-order chi connectivity index (χ0) is 14.1. The van der Waals surface area contributed by atoms with Crippen LogP contribution in [0.1, 0.15) is 43.6 Å². The van der Waals surface area contributed by atoms with Crippen LogP contribution in [0.3, 0.4) is 0 Å². The van der Waals surface area contributed by atoms with E-state index in [1.807, 2.05) is 6.07 Å². The van der Waals surface area contributed by atoms with Crippen LogP contribution in [0.2, 0.25) is 0 Å². The van der Waals surface area contributed by atoms with Crippen molar-refractivity contribution < 1.29 is 4.39 Å². The molecule has 0 aliphatic carbocycles. The van der Waals surface area contributed by atoms with Crippen LogP contribution in [-0.4, -0.2) is 15.1 Å². The molecule has 3 rings (SSSR count). The zero-order valence-corrected chi connectivity index (χ0v) is 13.0. The molecule has 106 valence electrons. The highest BCUT2D eigenvalue weighted by Gasteiger charge is 2.22. The van der Waals surface area contributed by atoms with Crippen LogP contribution in [0.4, 0.5) is 9.52 Å². The molecular weight excluding hydrogens is 293 g/mol. The van der Waals surface area contributed by atoms with Crippen molar-refractivity contribution in [1.82, 2.24) is 9.36 Å². The van der Waals surface area contributed by atoms with Gasteiger partial charge in [0.2, 0.25) is 5.13 Å². The second kappa shape index (κ2) is 5.69. The first-order chi connectivity index (χ1) is 9.63. The number of hydrogen-bond donors (Lipinski definition) is 1. The van der Waals surface area contributed by atoms with Gasteiger partial charge in [0.15, 0.2) is 0 Å². The van der Waals surface area contributed by atoms with E-state index in [2.05, 4.69) is 28.5 Å². The summed E-state index contributed by atoms with van der Waals surface area (Å²) in [7, 11) is 0. The minimum atomic E-state index is -0.182. The van der Waals surface area contributed by atoms with Gasteiger partial charge < -0.3 is 5.32 Å². The first-order valence-electron chi connectivity index (χ1n) is 6.66. The topological polar surface area (TPSA) is 37.8 Å². The number of nitrogens with zero attached hydrogens (tertiary/aromatic N) is 2. The van der Waals surface area contributed by atoms with E-state index in [4.69, 9.17) is 0 Å². The Labute approximate surface area is 126 Å². The van der Waals surface area contributed by atoms with Crippen LogP contribution in [-0.2, 0) is 0 Å². The Hall–Kier alpha value is -1.14. The van der Waals surface area contributed by atoms with Crippen molar-refractivity contribution in [2.24, 2.45) is 0 Å². The normalized spacial score (nSPS) is 18.1. The molecule has 0 amide bonds. The fraction of sp³-hybridized carbons (Fsp3) is 0.429. The molecule has 6 heteroatoms. The lowest BCUT2D eigenvalue weighted by Gasteiger charge is -2.25.